The molecule has 2 unspecified atom stereocenters. The lowest BCUT2D eigenvalue weighted by Crippen LogP contribution is -2.42. The van der Waals surface area contributed by atoms with Gasteiger partial charge in [-0.05, 0) is 60.7 Å². The minimum absolute atomic E-state index is 0.120. The highest BCUT2D eigenvalue weighted by Crippen LogP contribution is 2.52. The second kappa shape index (κ2) is 8.88. The molecule has 188 valence electrons. The number of Topliss-reactive ketones (excluding diaryl/α,β-unsaturated/α-hetero) is 1. The third kappa shape index (κ3) is 4.39. The summed E-state index contributed by atoms with van der Waals surface area (Å²) in [6.45, 7) is 13.4. The number of ketones is 1. The molecule has 1 aliphatic heterocycles. The molecule has 0 amide bonds. The quantitative estimate of drug-likeness (QED) is 0.371. The number of halogens is 1. The van der Waals surface area contributed by atoms with Gasteiger partial charge in [-0.15, -0.1) is 0 Å². The Labute approximate surface area is 218 Å². The van der Waals surface area contributed by atoms with Gasteiger partial charge in [0, 0.05) is 34.1 Å². The summed E-state index contributed by atoms with van der Waals surface area (Å²) in [5.41, 5.74) is 4.60. The Bertz CT molecular complexity index is 1330. The number of carbonyl (C=O) groups excluding carboxylic acids is 1. The molecule has 0 radical (unpaired) electrons. The topological polar surface area (TPSA) is 56.5 Å². The van der Waals surface area contributed by atoms with Crippen LogP contribution in [0.4, 0.5) is 5.82 Å². The number of benzene rings is 2. The van der Waals surface area contributed by atoms with Gasteiger partial charge in [-0.3, -0.25) is 4.79 Å². The van der Waals surface area contributed by atoms with Crippen LogP contribution in [0.15, 0.2) is 53.5 Å². The molecule has 0 N–H and O–H groups in total. The van der Waals surface area contributed by atoms with Crippen molar-refractivity contribution in [2.24, 2.45) is 16.3 Å². The molecule has 1 fully saturated rings. The Balaban J connectivity index is 1.78. The fourth-order valence-electron chi connectivity index (χ4n) is 5.65. The molecule has 2 aromatic carbocycles. The van der Waals surface area contributed by atoms with E-state index in [1.165, 1.54) is 0 Å². The fourth-order valence-corrected chi connectivity index (χ4v) is 5.77. The predicted molar refractivity (Wildman–Crippen MR) is 145 cm³/mol. The highest BCUT2D eigenvalue weighted by atomic mass is 35.5. The molecular weight excluding hydrogens is 470 g/mol. The maximum Gasteiger partial charge on any atom is 0.159 e. The van der Waals surface area contributed by atoms with Gasteiger partial charge in [-0.1, -0.05) is 58.4 Å². The third-order valence-electron chi connectivity index (χ3n) is 7.14. The lowest BCUT2D eigenvalue weighted by Gasteiger charge is -2.41. The van der Waals surface area contributed by atoms with E-state index < -0.39 is 0 Å². The number of fused-ring (bicyclic) bond motifs is 2. The van der Waals surface area contributed by atoms with Crippen LogP contribution in [0.3, 0.4) is 0 Å². The van der Waals surface area contributed by atoms with Crippen molar-refractivity contribution in [1.82, 2.24) is 9.78 Å². The van der Waals surface area contributed by atoms with Crippen LogP contribution in [0.2, 0.25) is 5.02 Å². The van der Waals surface area contributed by atoms with Crippen molar-refractivity contribution in [1.29, 1.82) is 0 Å². The minimum atomic E-state index is -0.285. The minimum Gasteiger partial charge on any atom is -0.494 e. The van der Waals surface area contributed by atoms with E-state index >= 15 is 0 Å². The molecule has 0 saturated heterocycles. The fraction of sp³-hybridized carbons (Fsp3) is 0.433. The first-order chi connectivity index (χ1) is 17.0. The molecule has 3 aromatic rings. The Morgan fingerprint density at radius 3 is 2.31 bits per heavy atom. The molecule has 5 nitrogen and oxygen atoms in total. The Morgan fingerprint density at radius 1 is 1.03 bits per heavy atom. The Morgan fingerprint density at radius 2 is 1.69 bits per heavy atom. The van der Waals surface area contributed by atoms with Crippen LogP contribution in [0.1, 0.15) is 77.1 Å². The maximum atomic E-state index is 13.7. The van der Waals surface area contributed by atoms with Gasteiger partial charge in [0.15, 0.2) is 5.82 Å². The van der Waals surface area contributed by atoms with Crippen molar-refractivity contribution in [2.45, 2.75) is 65.7 Å². The van der Waals surface area contributed by atoms with Crippen molar-refractivity contribution in [3.63, 3.8) is 0 Å². The molecule has 2 atom stereocenters. The molecule has 2 heterocycles. The summed E-state index contributed by atoms with van der Waals surface area (Å²) in [5, 5.41) is 5.81. The van der Waals surface area contributed by atoms with Gasteiger partial charge in [0.2, 0.25) is 0 Å². The lowest BCUT2D eigenvalue weighted by atomic mass is 9.63. The second-order valence-corrected chi connectivity index (χ2v) is 12.2. The zero-order valence-corrected chi connectivity index (χ0v) is 22.7. The SMILES string of the molecule is CCOc1ccc(C2c3c(C(C)(C)C)nn(-c4ccc(Cl)cc4)c3N=C3CC(C)(C)CC(=O)C32)cc1. The number of hydrogen-bond donors (Lipinski definition) is 0. The molecular formula is C30H34ClN3O2. The zero-order valence-electron chi connectivity index (χ0n) is 21.9. The number of ether oxygens (including phenoxy) is 1. The zero-order chi connectivity index (χ0) is 25.8. The Hall–Kier alpha value is -2.92. The van der Waals surface area contributed by atoms with Crippen molar-refractivity contribution >= 4 is 28.9 Å². The van der Waals surface area contributed by atoms with E-state index in [2.05, 4.69) is 46.8 Å². The number of carbonyl (C=O) groups is 1. The average molecular weight is 504 g/mol. The number of aromatic nitrogens is 2. The molecule has 5 rings (SSSR count). The third-order valence-corrected chi connectivity index (χ3v) is 7.39. The maximum absolute atomic E-state index is 13.7. The summed E-state index contributed by atoms with van der Waals surface area (Å²) in [4.78, 5) is 18.9. The van der Waals surface area contributed by atoms with Crippen molar-refractivity contribution in [3.8, 4) is 11.4 Å². The van der Waals surface area contributed by atoms with Crippen molar-refractivity contribution in [3.05, 3.63) is 70.4 Å². The smallest absolute Gasteiger partial charge is 0.159 e. The van der Waals surface area contributed by atoms with E-state index in [-0.39, 0.29) is 28.4 Å². The normalized spacial score (nSPS) is 21.0. The first-order valence-corrected chi connectivity index (χ1v) is 13.1. The summed E-state index contributed by atoms with van der Waals surface area (Å²) >= 11 is 6.19. The van der Waals surface area contributed by atoms with Crippen LogP contribution >= 0.6 is 11.6 Å². The number of rotatable bonds is 4. The summed E-state index contributed by atoms with van der Waals surface area (Å²) < 4.78 is 7.64. The molecule has 0 spiro atoms. The monoisotopic (exact) mass is 503 g/mol. The van der Waals surface area contributed by atoms with Gasteiger partial charge >= 0.3 is 0 Å². The van der Waals surface area contributed by atoms with E-state index in [0.29, 0.717) is 18.1 Å². The van der Waals surface area contributed by atoms with E-state index in [9.17, 15) is 4.79 Å². The summed E-state index contributed by atoms with van der Waals surface area (Å²) in [6, 6.07) is 15.9. The van der Waals surface area contributed by atoms with Gasteiger partial charge in [0.25, 0.3) is 0 Å². The van der Waals surface area contributed by atoms with Gasteiger partial charge in [0.1, 0.15) is 11.5 Å². The van der Waals surface area contributed by atoms with Crippen molar-refractivity contribution < 1.29 is 9.53 Å². The van der Waals surface area contributed by atoms with Crippen LogP contribution in [0.5, 0.6) is 5.75 Å². The van der Waals surface area contributed by atoms with Gasteiger partial charge in [0.05, 0.1) is 23.9 Å². The predicted octanol–water partition coefficient (Wildman–Crippen LogP) is 7.45. The van der Waals surface area contributed by atoms with Crippen molar-refractivity contribution in [2.75, 3.05) is 6.61 Å². The van der Waals surface area contributed by atoms with E-state index in [1.54, 1.807) is 0 Å². The standard InChI is InChI=1S/C30H34ClN3O2/c1-7-36-21-14-8-18(9-15-21)24-25-22(16-30(5,6)17-23(25)35)32-28-26(24)27(29(2,3)4)33-34(28)20-12-10-19(31)11-13-20/h8-15,24-25H,7,16-17H2,1-6H3. The highest BCUT2D eigenvalue weighted by Gasteiger charge is 2.48. The largest absolute Gasteiger partial charge is 0.494 e. The Kier molecular flexibility index (Phi) is 6.11. The highest BCUT2D eigenvalue weighted by molar-refractivity contribution is 6.30. The van der Waals surface area contributed by atoms with E-state index in [1.807, 2.05) is 48.0 Å². The summed E-state index contributed by atoms with van der Waals surface area (Å²) in [6.07, 6.45) is 1.34. The first-order valence-electron chi connectivity index (χ1n) is 12.7. The molecule has 1 saturated carbocycles. The number of aliphatic imine (C=N–C) groups is 1. The lowest BCUT2D eigenvalue weighted by molar-refractivity contribution is -0.124. The number of nitrogens with zero attached hydrogens (tertiary/aromatic N) is 3. The summed E-state index contributed by atoms with van der Waals surface area (Å²) in [5.74, 6) is 1.47. The van der Waals surface area contributed by atoms with E-state index in [0.717, 1.165) is 46.2 Å². The molecule has 0 bridgehead atoms. The van der Waals surface area contributed by atoms with Crippen LogP contribution in [-0.4, -0.2) is 27.9 Å². The number of hydrogen-bond acceptors (Lipinski definition) is 4. The summed E-state index contributed by atoms with van der Waals surface area (Å²) in [7, 11) is 0. The first kappa shape index (κ1) is 24.8. The van der Waals surface area contributed by atoms with Crippen LogP contribution < -0.4 is 4.74 Å². The molecule has 1 aliphatic carbocycles. The van der Waals surface area contributed by atoms with Crippen LogP contribution in [0.25, 0.3) is 5.69 Å². The van der Waals surface area contributed by atoms with Gasteiger partial charge < -0.3 is 4.74 Å². The molecule has 2 aliphatic rings. The van der Waals surface area contributed by atoms with Crippen LogP contribution in [-0.2, 0) is 10.2 Å². The molecule has 1 aromatic heterocycles. The van der Waals surface area contributed by atoms with Gasteiger partial charge in [-0.2, -0.15) is 5.10 Å². The molecule has 6 heteroatoms. The average Bonchev–Trinajstić information content (AvgIpc) is 3.18. The second-order valence-electron chi connectivity index (χ2n) is 11.8. The molecule has 36 heavy (non-hydrogen) atoms. The van der Waals surface area contributed by atoms with Crippen LogP contribution in [0, 0.1) is 11.3 Å². The van der Waals surface area contributed by atoms with Gasteiger partial charge in [-0.25, -0.2) is 9.67 Å². The van der Waals surface area contributed by atoms with E-state index in [4.69, 9.17) is 26.4 Å².